The monoisotopic (exact) mass is 459 g/mol. The molecule has 1 aromatic heterocycles. The average molecular weight is 460 g/mol. The zero-order valence-electron chi connectivity index (χ0n) is 20.1. The van der Waals surface area contributed by atoms with Gasteiger partial charge in [0.2, 0.25) is 11.8 Å². The van der Waals surface area contributed by atoms with Crippen LogP contribution in [0.2, 0.25) is 0 Å². The summed E-state index contributed by atoms with van der Waals surface area (Å²) in [6.45, 7) is 6.69. The Bertz CT molecular complexity index is 1170. The standard InChI is InChI=1S/C28H33N3O3/c1-18(2)27(33)30-25(16-22-17-29-24-7-5-4-6-23(22)24)28(34)31-14-12-21(13-15-31)26(32)20-10-8-19(3)9-11-20/h4-11,17-18,21,25,29H,12-16H2,1-3H3,(H,30,33). The van der Waals surface area contributed by atoms with Gasteiger partial charge < -0.3 is 15.2 Å². The van der Waals surface area contributed by atoms with Gasteiger partial charge in [0.15, 0.2) is 5.78 Å². The Morgan fingerprint density at radius 2 is 1.71 bits per heavy atom. The molecule has 2 heterocycles. The first-order valence-corrected chi connectivity index (χ1v) is 12.1. The number of fused-ring (bicyclic) bond motifs is 1. The van der Waals surface area contributed by atoms with E-state index in [1.807, 2.05) is 75.5 Å². The second kappa shape index (κ2) is 10.2. The number of aromatic nitrogens is 1. The van der Waals surface area contributed by atoms with Crippen LogP contribution in [0.15, 0.2) is 54.7 Å². The van der Waals surface area contributed by atoms with E-state index in [1.165, 1.54) is 0 Å². The molecule has 1 saturated heterocycles. The van der Waals surface area contributed by atoms with Gasteiger partial charge in [0.25, 0.3) is 0 Å². The number of nitrogens with zero attached hydrogens (tertiary/aromatic N) is 1. The van der Waals surface area contributed by atoms with Crippen molar-refractivity contribution < 1.29 is 14.4 Å². The molecule has 1 aliphatic rings. The van der Waals surface area contributed by atoms with Gasteiger partial charge in [0.1, 0.15) is 6.04 Å². The molecule has 178 valence electrons. The third-order valence-corrected chi connectivity index (χ3v) is 6.75. The Balaban J connectivity index is 1.45. The van der Waals surface area contributed by atoms with Crippen molar-refractivity contribution in [3.05, 3.63) is 71.4 Å². The van der Waals surface area contributed by atoms with E-state index in [9.17, 15) is 14.4 Å². The second-order valence-corrected chi connectivity index (χ2v) is 9.61. The van der Waals surface area contributed by atoms with Crippen LogP contribution in [0.4, 0.5) is 0 Å². The Morgan fingerprint density at radius 1 is 1.03 bits per heavy atom. The third-order valence-electron chi connectivity index (χ3n) is 6.75. The van der Waals surface area contributed by atoms with Crippen molar-refractivity contribution in [2.24, 2.45) is 11.8 Å². The molecule has 6 nitrogen and oxygen atoms in total. The van der Waals surface area contributed by atoms with Gasteiger partial charge >= 0.3 is 0 Å². The number of nitrogens with one attached hydrogen (secondary N) is 2. The SMILES string of the molecule is Cc1ccc(C(=O)C2CCN(C(=O)C(Cc3c[nH]c4ccccc34)NC(=O)C(C)C)CC2)cc1. The molecule has 0 saturated carbocycles. The zero-order chi connectivity index (χ0) is 24.2. The van der Waals surface area contributed by atoms with Gasteiger partial charge in [-0.15, -0.1) is 0 Å². The molecule has 1 fully saturated rings. The number of amides is 2. The average Bonchev–Trinajstić information content (AvgIpc) is 3.26. The van der Waals surface area contributed by atoms with Gasteiger partial charge in [-0.25, -0.2) is 0 Å². The summed E-state index contributed by atoms with van der Waals surface area (Å²) in [5.74, 6) is -0.362. The van der Waals surface area contributed by atoms with E-state index in [1.54, 1.807) is 4.90 Å². The minimum absolute atomic E-state index is 0.0796. The highest BCUT2D eigenvalue weighted by molar-refractivity contribution is 5.98. The van der Waals surface area contributed by atoms with Gasteiger partial charge in [0.05, 0.1) is 0 Å². The van der Waals surface area contributed by atoms with Crippen LogP contribution in [0.25, 0.3) is 10.9 Å². The molecule has 0 bridgehead atoms. The molecule has 2 amide bonds. The fourth-order valence-electron chi connectivity index (χ4n) is 4.59. The zero-order valence-corrected chi connectivity index (χ0v) is 20.1. The highest BCUT2D eigenvalue weighted by Crippen LogP contribution is 2.24. The third kappa shape index (κ3) is 5.22. The summed E-state index contributed by atoms with van der Waals surface area (Å²) in [7, 11) is 0. The predicted molar refractivity (Wildman–Crippen MR) is 134 cm³/mol. The molecule has 2 aromatic carbocycles. The lowest BCUT2D eigenvalue weighted by molar-refractivity contribution is -0.138. The van der Waals surface area contributed by atoms with E-state index in [0.717, 1.165) is 27.6 Å². The predicted octanol–water partition coefficient (Wildman–Crippen LogP) is 4.28. The highest BCUT2D eigenvalue weighted by Gasteiger charge is 2.32. The topological polar surface area (TPSA) is 82.3 Å². The molecule has 0 spiro atoms. The molecular weight excluding hydrogens is 426 g/mol. The van der Waals surface area contributed by atoms with Crippen molar-refractivity contribution in [1.82, 2.24) is 15.2 Å². The van der Waals surface area contributed by atoms with Crippen molar-refractivity contribution >= 4 is 28.5 Å². The summed E-state index contributed by atoms with van der Waals surface area (Å²) in [5, 5.41) is 4.03. The molecule has 0 aliphatic carbocycles. The summed E-state index contributed by atoms with van der Waals surface area (Å²) >= 11 is 0. The number of Topliss-reactive ketones (excluding diaryl/α,β-unsaturated/α-hetero) is 1. The van der Waals surface area contributed by atoms with Crippen LogP contribution in [0.5, 0.6) is 0 Å². The van der Waals surface area contributed by atoms with E-state index in [2.05, 4.69) is 10.3 Å². The van der Waals surface area contributed by atoms with Gasteiger partial charge in [-0.2, -0.15) is 0 Å². The molecule has 1 atom stereocenters. The summed E-state index contributed by atoms with van der Waals surface area (Å²) in [5.41, 5.74) is 3.87. The normalized spacial score (nSPS) is 15.5. The van der Waals surface area contributed by atoms with Crippen molar-refractivity contribution in [3.63, 3.8) is 0 Å². The Morgan fingerprint density at radius 3 is 2.38 bits per heavy atom. The Kier molecular flexibility index (Phi) is 7.15. The molecule has 34 heavy (non-hydrogen) atoms. The molecule has 0 radical (unpaired) electrons. The molecular formula is C28H33N3O3. The molecule has 6 heteroatoms. The van der Waals surface area contributed by atoms with Crippen molar-refractivity contribution in [2.45, 2.75) is 46.1 Å². The molecule has 4 rings (SSSR count). The lowest BCUT2D eigenvalue weighted by Crippen LogP contribution is -2.52. The van der Waals surface area contributed by atoms with E-state index in [-0.39, 0.29) is 29.4 Å². The van der Waals surface area contributed by atoms with Gasteiger partial charge in [-0.3, -0.25) is 14.4 Å². The van der Waals surface area contributed by atoms with E-state index < -0.39 is 6.04 Å². The van der Waals surface area contributed by atoms with Crippen molar-refractivity contribution in [2.75, 3.05) is 13.1 Å². The van der Waals surface area contributed by atoms with Crippen LogP contribution in [0.1, 0.15) is 48.2 Å². The number of ketones is 1. The molecule has 1 aliphatic heterocycles. The van der Waals surface area contributed by atoms with Gasteiger partial charge in [-0.05, 0) is 31.4 Å². The first-order valence-electron chi connectivity index (χ1n) is 12.1. The first kappa shape index (κ1) is 23.7. The highest BCUT2D eigenvalue weighted by atomic mass is 16.2. The lowest BCUT2D eigenvalue weighted by Gasteiger charge is -2.34. The number of para-hydroxylation sites is 1. The van der Waals surface area contributed by atoms with Crippen molar-refractivity contribution in [1.29, 1.82) is 0 Å². The largest absolute Gasteiger partial charge is 0.361 e. The minimum Gasteiger partial charge on any atom is -0.361 e. The molecule has 1 unspecified atom stereocenters. The summed E-state index contributed by atoms with van der Waals surface area (Å²) in [6, 6.07) is 15.0. The summed E-state index contributed by atoms with van der Waals surface area (Å²) < 4.78 is 0. The fourth-order valence-corrected chi connectivity index (χ4v) is 4.59. The van der Waals surface area contributed by atoms with Crippen LogP contribution in [-0.2, 0) is 16.0 Å². The number of aromatic amines is 1. The van der Waals surface area contributed by atoms with E-state index >= 15 is 0 Å². The van der Waals surface area contributed by atoms with Crippen LogP contribution >= 0.6 is 0 Å². The number of hydrogen-bond acceptors (Lipinski definition) is 3. The van der Waals surface area contributed by atoms with Crippen LogP contribution in [0.3, 0.4) is 0 Å². The lowest BCUT2D eigenvalue weighted by atomic mass is 9.88. The minimum atomic E-state index is -0.640. The number of H-pyrrole nitrogens is 1. The number of aryl methyl sites for hydroxylation is 1. The summed E-state index contributed by atoms with van der Waals surface area (Å²) in [4.78, 5) is 44.0. The van der Waals surface area contributed by atoms with Gasteiger partial charge in [-0.1, -0.05) is 61.9 Å². The number of carbonyl (C=O) groups excluding carboxylic acids is 3. The van der Waals surface area contributed by atoms with Crippen molar-refractivity contribution in [3.8, 4) is 0 Å². The maximum absolute atomic E-state index is 13.5. The number of carbonyl (C=O) groups is 3. The Hall–Kier alpha value is -3.41. The number of benzene rings is 2. The van der Waals surface area contributed by atoms with Crippen LogP contribution in [-0.4, -0.2) is 46.6 Å². The van der Waals surface area contributed by atoms with Gasteiger partial charge in [0, 0.05) is 54.0 Å². The number of piperidine rings is 1. The first-order chi connectivity index (χ1) is 16.3. The molecule has 3 aromatic rings. The van der Waals surface area contributed by atoms with Crippen LogP contribution in [0, 0.1) is 18.8 Å². The number of rotatable bonds is 7. The quantitative estimate of drug-likeness (QED) is 0.518. The Labute approximate surface area is 200 Å². The summed E-state index contributed by atoms with van der Waals surface area (Å²) in [6.07, 6.45) is 3.61. The number of hydrogen-bond donors (Lipinski definition) is 2. The maximum Gasteiger partial charge on any atom is 0.245 e. The molecule has 2 N–H and O–H groups in total. The fraction of sp³-hybridized carbons (Fsp3) is 0.393. The van der Waals surface area contributed by atoms with Crippen LogP contribution < -0.4 is 5.32 Å². The van der Waals surface area contributed by atoms with E-state index in [4.69, 9.17) is 0 Å². The second-order valence-electron chi connectivity index (χ2n) is 9.61. The number of likely N-dealkylation sites (tertiary alicyclic amines) is 1. The van der Waals surface area contributed by atoms with E-state index in [0.29, 0.717) is 32.4 Å². The maximum atomic E-state index is 13.5. The smallest absolute Gasteiger partial charge is 0.245 e.